The van der Waals surface area contributed by atoms with Crippen molar-refractivity contribution in [3.05, 3.63) is 53.0 Å². The average molecular weight is 206 g/mol. The monoisotopic (exact) mass is 206 g/mol. The third-order valence-electron chi connectivity index (χ3n) is 1.62. The summed E-state index contributed by atoms with van der Waals surface area (Å²) in [5.41, 5.74) is 8.47. The summed E-state index contributed by atoms with van der Waals surface area (Å²) in [5, 5.41) is 1.93. The first-order valence-corrected chi connectivity index (χ1v) is 5.44. The molecule has 0 saturated heterocycles. The third kappa shape index (κ3) is 4.74. The van der Waals surface area contributed by atoms with Crippen LogP contribution in [0.4, 0.5) is 0 Å². The molecule has 1 aromatic carbocycles. The van der Waals surface area contributed by atoms with Gasteiger partial charge in [-0.3, -0.25) is 4.98 Å². The summed E-state index contributed by atoms with van der Waals surface area (Å²) >= 11 is 1.60. The Morgan fingerprint density at radius 2 is 2.00 bits per heavy atom. The molecule has 74 valence electrons. The van der Waals surface area contributed by atoms with Gasteiger partial charge in [0.2, 0.25) is 0 Å². The summed E-state index contributed by atoms with van der Waals surface area (Å²) in [6, 6.07) is 10.3. The van der Waals surface area contributed by atoms with Crippen LogP contribution >= 0.6 is 11.3 Å². The molecule has 0 atom stereocenters. The second kappa shape index (κ2) is 7.24. The van der Waals surface area contributed by atoms with Crippen LogP contribution in [0.5, 0.6) is 0 Å². The van der Waals surface area contributed by atoms with Crippen LogP contribution in [-0.4, -0.2) is 11.5 Å². The lowest BCUT2D eigenvalue weighted by Crippen LogP contribution is -2.01. The summed E-state index contributed by atoms with van der Waals surface area (Å²) in [6.07, 6.45) is 2.76. The molecule has 1 aromatic heterocycles. The Kier molecular flexibility index (Phi) is 5.63. The summed E-state index contributed by atoms with van der Waals surface area (Å²) in [7, 11) is 0. The van der Waals surface area contributed by atoms with Crippen LogP contribution in [-0.2, 0) is 6.42 Å². The number of hydrogen-bond donors (Lipinski definition) is 1. The summed E-state index contributed by atoms with van der Waals surface area (Å²) in [5.74, 6) is 0. The fourth-order valence-corrected chi connectivity index (χ4v) is 1.34. The zero-order valence-corrected chi connectivity index (χ0v) is 8.78. The molecule has 0 aliphatic carbocycles. The zero-order chi connectivity index (χ0) is 10.1. The van der Waals surface area contributed by atoms with E-state index in [1.807, 2.05) is 23.6 Å². The van der Waals surface area contributed by atoms with Gasteiger partial charge < -0.3 is 5.73 Å². The molecule has 0 aliphatic rings. The minimum absolute atomic E-state index is 0.740. The topological polar surface area (TPSA) is 38.9 Å². The second-order valence-corrected chi connectivity index (χ2v) is 3.46. The normalized spacial score (nSPS) is 8.93. The van der Waals surface area contributed by atoms with Gasteiger partial charge in [-0.15, -0.1) is 11.3 Å². The van der Waals surface area contributed by atoms with E-state index in [1.54, 1.807) is 23.0 Å². The largest absolute Gasteiger partial charge is 0.330 e. The Morgan fingerprint density at radius 1 is 1.21 bits per heavy atom. The number of thiazole rings is 1. The predicted octanol–water partition coefficient (Wildman–Crippen LogP) is 2.33. The standard InChI is InChI=1S/C8H11N.C3H3NS/c9-7-6-8-4-2-1-3-5-8;1-2-5-3-4-1/h1-5H,6-7,9H2;1-3H. The quantitative estimate of drug-likeness (QED) is 0.819. The van der Waals surface area contributed by atoms with E-state index in [1.165, 1.54) is 5.56 Å². The summed E-state index contributed by atoms with van der Waals surface area (Å²) < 4.78 is 0. The van der Waals surface area contributed by atoms with Crippen molar-refractivity contribution in [1.82, 2.24) is 4.98 Å². The minimum atomic E-state index is 0.740. The molecule has 0 saturated carbocycles. The Hall–Kier alpha value is -1.19. The highest BCUT2D eigenvalue weighted by Gasteiger charge is 1.84. The van der Waals surface area contributed by atoms with Gasteiger partial charge in [-0.05, 0) is 18.5 Å². The van der Waals surface area contributed by atoms with E-state index in [9.17, 15) is 0 Å². The lowest BCUT2D eigenvalue weighted by Gasteiger charge is -1.93. The SMILES string of the molecule is NCCc1ccccc1.c1cscn1. The number of aromatic nitrogens is 1. The maximum atomic E-state index is 5.36. The molecule has 2 rings (SSSR count). The molecule has 3 heteroatoms. The molecule has 1 heterocycles. The Bertz CT molecular complexity index is 288. The van der Waals surface area contributed by atoms with Gasteiger partial charge in [0, 0.05) is 11.6 Å². The van der Waals surface area contributed by atoms with E-state index in [0.29, 0.717) is 0 Å². The van der Waals surface area contributed by atoms with Gasteiger partial charge in [-0.1, -0.05) is 30.3 Å². The number of rotatable bonds is 2. The molecule has 0 unspecified atom stereocenters. The van der Waals surface area contributed by atoms with Crippen molar-refractivity contribution in [2.75, 3.05) is 6.54 Å². The number of benzene rings is 1. The molecule has 0 aliphatic heterocycles. The Morgan fingerprint density at radius 3 is 2.43 bits per heavy atom. The van der Waals surface area contributed by atoms with Crippen LogP contribution in [0, 0.1) is 0 Å². The number of hydrogen-bond acceptors (Lipinski definition) is 3. The Labute approximate surface area is 88.4 Å². The van der Waals surface area contributed by atoms with Crippen molar-refractivity contribution < 1.29 is 0 Å². The summed E-state index contributed by atoms with van der Waals surface area (Å²) in [6.45, 7) is 0.740. The van der Waals surface area contributed by atoms with Crippen LogP contribution in [0.2, 0.25) is 0 Å². The first-order chi connectivity index (χ1) is 6.93. The fourth-order valence-electron chi connectivity index (χ4n) is 0.987. The molecule has 2 N–H and O–H groups in total. The van der Waals surface area contributed by atoms with Crippen LogP contribution < -0.4 is 5.73 Å². The molecular weight excluding hydrogens is 192 g/mol. The molecule has 2 aromatic rings. The van der Waals surface area contributed by atoms with Gasteiger partial charge in [-0.2, -0.15) is 0 Å². The maximum absolute atomic E-state index is 5.36. The number of nitrogens with zero attached hydrogens (tertiary/aromatic N) is 1. The molecule has 0 fully saturated rings. The molecule has 0 amide bonds. The molecule has 14 heavy (non-hydrogen) atoms. The predicted molar refractivity (Wildman–Crippen MR) is 61.3 cm³/mol. The average Bonchev–Trinajstić information content (AvgIpc) is 2.78. The van der Waals surface area contributed by atoms with E-state index < -0.39 is 0 Å². The lowest BCUT2D eigenvalue weighted by atomic mass is 10.2. The van der Waals surface area contributed by atoms with Gasteiger partial charge in [0.1, 0.15) is 0 Å². The van der Waals surface area contributed by atoms with E-state index in [-0.39, 0.29) is 0 Å². The van der Waals surface area contributed by atoms with E-state index in [4.69, 9.17) is 5.73 Å². The second-order valence-electron chi connectivity index (χ2n) is 2.70. The van der Waals surface area contributed by atoms with Crippen LogP contribution in [0.25, 0.3) is 0 Å². The van der Waals surface area contributed by atoms with Crippen molar-refractivity contribution in [2.45, 2.75) is 6.42 Å². The van der Waals surface area contributed by atoms with Crippen molar-refractivity contribution >= 4 is 11.3 Å². The van der Waals surface area contributed by atoms with Crippen molar-refractivity contribution in [3.8, 4) is 0 Å². The Balaban J connectivity index is 0.000000165. The van der Waals surface area contributed by atoms with Gasteiger partial charge in [0.15, 0.2) is 0 Å². The molecule has 0 spiro atoms. The van der Waals surface area contributed by atoms with Crippen molar-refractivity contribution in [3.63, 3.8) is 0 Å². The molecular formula is C11H14N2S. The summed E-state index contributed by atoms with van der Waals surface area (Å²) in [4.78, 5) is 3.74. The molecule has 2 nitrogen and oxygen atoms in total. The van der Waals surface area contributed by atoms with Gasteiger partial charge in [0.25, 0.3) is 0 Å². The van der Waals surface area contributed by atoms with Crippen molar-refractivity contribution in [2.24, 2.45) is 5.73 Å². The highest BCUT2D eigenvalue weighted by atomic mass is 32.1. The lowest BCUT2D eigenvalue weighted by molar-refractivity contribution is 0.969. The maximum Gasteiger partial charge on any atom is 0.0791 e. The highest BCUT2D eigenvalue weighted by Crippen LogP contribution is 1.96. The number of nitrogens with two attached hydrogens (primary N) is 1. The van der Waals surface area contributed by atoms with E-state index >= 15 is 0 Å². The van der Waals surface area contributed by atoms with Gasteiger partial charge >= 0.3 is 0 Å². The van der Waals surface area contributed by atoms with Crippen LogP contribution in [0.3, 0.4) is 0 Å². The fraction of sp³-hybridized carbons (Fsp3) is 0.182. The first kappa shape index (κ1) is 10.9. The van der Waals surface area contributed by atoms with Crippen LogP contribution in [0.1, 0.15) is 5.56 Å². The van der Waals surface area contributed by atoms with Gasteiger partial charge in [-0.25, -0.2) is 0 Å². The third-order valence-corrected chi connectivity index (χ3v) is 2.15. The van der Waals surface area contributed by atoms with Crippen molar-refractivity contribution in [1.29, 1.82) is 0 Å². The smallest absolute Gasteiger partial charge is 0.0791 e. The highest BCUT2D eigenvalue weighted by molar-refractivity contribution is 7.07. The van der Waals surface area contributed by atoms with E-state index in [2.05, 4.69) is 17.1 Å². The van der Waals surface area contributed by atoms with Crippen LogP contribution in [0.15, 0.2) is 47.4 Å². The van der Waals surface area contributed by atoms with E-state index in [0.717, 1.165) is 13.0 Å². The molecule has 0 radical (unpaired) electrons. The zero-order valence-electron chi connectivity index (χ0n) is 7.97. The minimum Gasteiger partial charge on any atom is -0.330 e. The first-order valence-electron chi connectivity index (χ1n) is 4.49. The molecule has 0 bridgehead atoms. The van der Waals surface area contributed by atoms with Gasteiger partial charge in [0.05, 0.1) is 5.51 Å².